The van der Waals surface area contributed by atoms with Crippen LogP contribution in [0.15, 0.2) is 77.3 Å². The van der Waals surface area contributed by atoms with Crippen LogP contribution in [-0.2, 0) is 4.74 Å². The third-order valence-corrected chi connectivity index (χ3v) is 7.19. The van der Waals surface area contributed by atoms with E-state index in [1.807, 2.05) is 36.4 Å². The summed E-state index contributed by atoms with van der Waals surface area (Å²) in [7, 11) is 0. The minimum absolute atomic E-state index is 0.00775. The lowest BCUT2D eigenvalue weighted by Gasteiger charge is -2.23. The zero-order valence-electron chi connectivity index (χ0n) is 17.7. The second-order valence-electron chi connectivity index (χ2n) is 7.93. The first-order valence-electron chi connectivity index (χ1n) is 10.8. The summed E-state index contributed by atoms with van der Waals surface area (Å²) in [4.78, 5) is 32.7. The van der Waals surface area contributed by atoms with Crippen molar-refractivity contribution in [1.29, 1.82) is 0 Å². The molecule has 7 heteroatoms. The van der Waals surface area contributed by atoms with Gasteiger partial charge in [0.2, 0.25) is 0 Å². The predicted octanol–water partition coefficient (Wildman–Crippen LogP) is 6.12. The van der Waals surface area contributed by atoms with E-state index in [0.717, 1.165) is 34.1 Å². The lowest BCUT2D eigenvalue weighted by molar-refractivity contribution is 0.0917. The molecule has 0 radical (unpaired) electrons. The highest BCUT2D eigenvalue weighted by atomic mass is 79.9. The maximum atomic E-state index is 13.6. The van der Waals surface area contributed by atoms with E-state index in [2.05, 4.69) is 15.9 Å². The first kappa shape index (κ1) is 21.9. The predicted molar refractivity (Wildman–Crippen MR) is 134 cm³/mol. The number of thiazole rings is 1. The Morgan fingerprint density at radius 2 is 1.73 bits per heavy atom. The summed E-state index contributed by atoms with van der Waals surface area (Å²) in [6, 6.07) is 21.9. The van der Waals surface area contributed by atoms with E-state index in [9.17, 15) is 9.59 Å². The lowest BCUT2D eigenvalue weighted by atomic mass is 10.0. The van der Waals surface area contributed by atoms with Gasteiger partial charge < -0.3 is 4.74 Å². The van der Waals surface area contributed by atoms with Crippen molar-refractivity contribution in [2.24, 2.45) is 0 Å². The Bertz CT molecular complexity index is 1300. The highest BCUT2D eigenvalue weighted by molar-refractivity contribution is 9.10. The normalized spacial score (nSPS) is 15.6. The highest BCUT2D eigenvalue weighted by Gasteiger charge is 2.27. The van der Waals surface area contributed by atoms with Crippen LogP contribution in [0.1, 0.15) is 39.1 Å². The van der Waals surface area contributed by atoms with Crippen molar-refractivity contribution in [3.63, 3.8) is 0 Å². The number of rotatable bonds is 6. The number of carbonyl (C=O) groups is 2. The van der Waals surface area contributed by atoms with Crippen LogP contribution in [0.3, 0.4) is 0 Å². The number of aromatic nitrogens is 1. The summed E-state index contributed by atoms with van der Waals surface area (Å²) in [6.45, 7) is 1.17. The maximum absolute atomic E-state index is 13.6. The molecule has 1 aromatic heterocycles. The summed E-state index contributed by atoms with van der Waals surface area (Å²) >= 11 is 4.99. The molecule has 33 heavy (non-hydrogen) atoms. The molecule has 1 aliphatic heterocycles. The van der Waals surface area contributed by atoms with Crippen LogP contribution in [-0.4, -0.2) is 35.9 Å². The van der Waals surface area contributed by atoms with E-state index >= 15 is 0 Å². The van der Waals surface area contributed by atoms with Crippen LogP contribution in [0.5, 0.6) is 0 Å². The van der Waals surface area contributed by atoms with E-state index in [1.54, 1.807) is 41.3 Å². The van der Waals surface area contributed by atoms with E-state index in [1.165, 1.54) is 11.3 Å². The number of amides is 1. The maximum Gasteiger partial charge on any atom is 0.260 e. The summed E-state index contributed by atoms with van der Waals surface area (Å²) < 4.78 is 7.80. The Hall–Kier alpha value is -2.87. The molecule has 166 valence electrons. The van der Waals surface area contributed by atoms with Crippen molar-refractivity contribution in [2.45, 2.75) is 18.9 Å². The van der Waals surface area contributed by atoms with Gasteiger partial charge in [0.25, 0.3) is 5.91 Å². The van der Waals surface area contributed by atoms with Gasteiger partial charge in [-0.3, -0.25) is 14.5 Å². The van der Waals surface area contributed by atoms with Gasteiger partial charge in [0.15, 0.2) is 10.9 Å². The molecule has 1 fully saturated rings. The molecule has 3 aromatic carbocycles. The van der Waals surface area contributed by atoms with E-state index in [4.69, 9.17) is 9.72 Å². The van der Waals surface area contributed by atoms with Gasteiger partial charge >= 0.3 is 0 Å². The van der Waals surface area contributed by atoms with Crippen LogP contribution in [0.25, 0.3) is 10.2 Å². The smallest absolute Gasteiger partial charge is 0.260 e. The number of anilines is 1. The van der Waals surface area contributed by atoms with Gasteiger partial charge in [-0.25, -0.2) is 4.98 Å². The molecule has 0 N–H and O–H groups in total. The van der Waals surface area contributed by atoms with Gasteiger partial charge in [0.1, 0.15) is 0 Å². The molecule has 5 rings (SSSR count). The van der Waals surface area contributed by atoms with Crippen molar-refractivity contribution >= 4 is 54.3 Å². The summed E-state index contributed by atoms with van der Waals surface area (Å²) in [5.41, 5.74) is 2.54. The SMILES string of the molecule is O=C(c1ccccc1)c1ccc(C(=O)N(CC2CCCO2)c2nc3ccc(Br)cc3s2)cc1. The number of hydrogen-bond donors (Lipinski definition) is 0. The quantitative estimate of drug-likeness (QED) is 0.287. The minimum atomic E-state index is -0.151. The molecular formula is C26H21BrN2O3S. The molecule has 1 amide bonds. The van der Waals surface area contributed by atoms with Crippen molar-refractivity contribution in [1.82, 2.24) is 4.98 Å². The van der Waals surface area contributed by atoms with Gasteiger partial charge in [-0.15, -0.1) is 0 Å². The topological polar surface area (TPSA) is 59.5 Å². The number of ketones is 1. The van der Waals surface area contributed by atoms with Crippen molar-refractivity contribution < 1.29 is 14.3 Å². The number of benzene rings is 3. The van der Waals surface area contributed by atoms with E-state index in [-0.39, 0.29) is 17.8 Å². The molecule has 1 atom stereocenters. The molecule has 0 aliphatic carbocycles. The summed E-state index contributed by atoms with van der Waals surface area (Å²) in [6.07, 6.45) is 1.91. The van der Waals surface area contributed by atoms with Gasteiger partial charge in [0.05, 0.1) is 22.9 Å². The first-order chi connectivity index (χ1) is 16.1. The fourth-order valence-electron chi connectivity index (χ4n) is 3.92. The molecule has 0 bridgehead atoms. The van der Waals surface area contributed by atoms with Gasteiger partial charge in [-0.2, -0.15) is 0 Å². The van der Waals surface area contributed by atoms with Crippen molar-refractivity contribution in [3.8, 4) is 0 Å². The largest absolute Gasteiger partial charge is 0.376 e. The molecule has 4 aromatic rings. The number of carbonyl (C=O) groups excluding carboxylic acids is 2. The number of nitrogens with zero attached hydrogens (tertiary/aromatic N) is 2. The zero-order chi connectivity index (χ0) is 22.8. The molecule has 2 heterocycles. The molecular weight excluding hydrogens is 500 g/mol. The minimum Gasteiger partial charge on any atom is -0.376 e. The average Bonchev–Trinajstić information content (AvgIpc) is 3.51. The highest BCUT2D eigenvalue weighted by Crippen LogP contribution is 2.32. The van der Waals surface area contributed by atoms with E-state index < -0.39 is 0 Å². The standard InChI is InChI=1S/C26H21BrN2O3S/c27-20-12-13-22-23(15-20)33-26(28-22)29(16-21-7-4-14-32-21)25(31)19-10-8-18(9-11-19)24(30)17-5-2-1-3-6-17/h1-3,5-6,8-13,15,21H,4,7,14,16H2. The Balaban J connectivity index is 1.44. The molecule has 1 saturated heterocycles. The zero-order valence-corrected chi connectivity index (χ0v) is 20.1. The first-order valence-corrected chi connectivity index (χ1v) is 12.4. The molecule has 5 nitrogen and oxygen atoms in total. The van der Waals surface area contributed by atoms with Gasteiger partial charge in [-0.05, 0) is 43.2 Å². The summed E-state index contributed by atoms with van der Waals surface area (Å²) in [5.74, 6) is -0.218. The Morgan fingerprint density at radius 1 is 1.00 bits per heavy atom. The number of ether oxygens (including phenoxy) is 1. The Labute approximate surface area is 204 Å². The van der Waals surface area contributed by atoms with Crippen LogP contribution >= 0.6 is 27.3 Å². The van der Waals surface area contributed by atoms with Crippen LogP contribution in [0.2, 0.25) is 0 Å². The van der Waals surface area contributed by atoms with Crippen LogP contribution in [0.4, 0.5) is 5.13 Å². The summed E-state index contributed by atoms with van der Waals surface area (Å²) in [5, 5.41) is 0.646. The number of fused-ring (bicyclic) bond motifs is 1. The molecule has 1 unspecified atom stereocenters. The Kier molecular flexibility index (Phi) is 6.35. The van der Waals surface area contributed by atoms with E-state index in [0.29, 0.717) is 28.4 Å². The Morgan fingerprint density at radius 3 is 2.45 bits per heavy atom. The fourth-order valence-corrected chi connectivity index (χ4v) is 5.44. The van der Waals surface area contributed by atoms with Gasteiger partial charge in [0, 0.05) is 27.8 Å². The monoisotopic (exact) mass is 520 g/mol. The van der Waals surface area contributed by atoms with Crippen molar-refractivity contribution in [3.05, 3.63) is 94.0 Å². The van der Waals surface area contributed by atoms with Crippen LogP contribution in [0, 0.1) is 0 Å². The molecule has 0 spiro atoms. The third-order valence-electron chi connectivity index (χ3n) is 5.66. The number of halogens is 1. The number of hydrogen-bond acceptors (Lipinski definition) is 5. The average molecular weight is 521 g/mol. The fraction of sp³-hybridized carbons (Fsp3) is 0.192. The molecule has 1 aliphatic rings. The van der Waals surface area contributed by atoms with Gasteiger partial charge in [-0.1, -0.05) is 69.7 Å². The third kappa shape index (κ3) is 4.76. The molecule has 0 saturated carbocycles. The second kappa shape index (κ2) is 9.55. The second-order valence-corrected chi connectivity index (χ2v) is 9.86. The van der Waals surface area contributed by atoms with Crippen LogP contribution < -0.4 is 4.90 Å². The lowest BCUT2D eigenvalue weighted by Crippen LogP contribution is -2.37. The van der Waals surface area contributed by atoms with Crippen molar-refractivity contribution in [2.75, 3.05) is 18.1 Å².